The summed E-state index contributed by atoms with van der Waals surface area (Å²) in [6, 6.07) is 9.42. The Bertz CT molecular complexity index is 788. The van der Waals surface area contributed by atoms with Gasteiger partial charge >= 0.3 is 0 Å². The van der Waals surface area contributed by atoms with E-state index >= 15 is 0 Å². The number of halogens is 1. The predicted octanol–water partition coefficient (Wildman–Crippen LogP) is 3.41. The fraction of sp³-hybridized carbons (Fsp3) is 0.222. The Morgan fingerprint density at radius 3 is 2.33 bits per heavy atom. The molecule has 0 aliphatic carbocycles. The van der Waals surface area contributed by atoms with Crippen LogP contribution in [-0.4, -0.2) is 25.9 Å². The first kappa shape index (κ1) is 17.5. The summed E-state index contributed by atoms with van der Waals surface area (Å²) < 4.78 is 13.6. The minimum Gasteiger partial charge on any atom is -0.377 e. The van der Waals surface area contributed by atoms with Crippen LogP contribution in [0.25, 0.3) is 0 Å². The quantitative estimate of drug-likeness (QED) is 0.903. The van der Waals surface area contributed by atoms with E-state index in [1.165, 1.54) is 19.1 Å². The van der Waals surface area contributed by atoms with Crippen molar-refractivity contribution >= 4 is 28.9 Å². The number of carbonyl (C=O) groups excluding carboxylic acids is 2. The van der Waals surface area contributed by atoms with Gasteiger partial charge in [0.05, 0.1) is 5.69 Å². The average molecular weight is 329 g/mol. The van der Waals surface area contributed by atoms with Gasteiger partial charge in [0.2, 0.25) is 5.91 Å². The molecule has 2 aromatic rings. The zero-order chi connectivity index (χ0) is 17.9. The normalized spacial score (nSPS) is 10.2. The number of benzene rings is 2. The summed E-state index contributed by atoms with van der Waals surface area (Å²) in [4.78, 5) is 25.4. The maximum atomic E-state index is 13.6. The van der Waals surface area contributed by atoms with Crippen LogP contribution in [0.15, 0.2) is 36.4 Å². The molecule has 0 aliphatic heterocycles. The van der Waals surface area contributed by atoms with Crippen LogP contribution in [0.1, 0.15) is 22.8 Å². The number of carbonyl (C=O) groups is 2. The second-order valence-electron chi connectivity index (χ2n) is 5.73. The SMILES string of the molecule is CC(=O)Nc1cc(C(=O)Nc2ccc(N(C)C)c(C)c2)ccc1F. The van der Waals surface area contributed by atoms with Gasteiger partial charge in [0.15, 0.2) is 0 Å². The average Bonchev–Trinajstić information content (AvgIpc) is 2.48. The minimum absolute atomic E-state index is 0.0192. The van der Waals surface area contributed by atoms with E-state index in [2.05, 4.69) is 10.6 Å². The molecule has 0 heterocycles. The molecule has 0 bridgehead atoms. The predicted molar refractivity (Wildman–Crippen MR) is 94.2 cm³/mol. The molecule has 2 aromatic carbocycles. The first-order valence-corrected chi connectivity index (χ1v) is 7.44. The van der Waals surface area contributed by atoms with E-state index < -0.39 is 11.7 Å². The highest BCUT2D eigenvalue weighted by atomic mass is 19.1. The van der Waals surface area contributed by atoms with Gasteiger partial charge in [-0.05, 0) is 48.9 Å². The van der Waals surface area contributed by atoms with Crippen molar-refractivity contribution in [1.29, 1.82) is 0 Å². The second-order valence-corrected chi connectivity index (χ2v) is 5.73. The number of anilines is 3. The van der Waals surface area contributed by atoms with Crippen molar-refractivity contribution in [1.82, 2.24) is 0 Å². The van der Waals surface area contributed by atoms with Gasteiger partial charge in [-0.1, -0.05) is 0 Å². The zero-order valence-corrected chi connectivity index (χ0v) is 14.1. The maximum absolute atomic E-state index is 13.6. The Labute approximate surface area is 140 Å². The molecule has 0 radical (unpaired) electrons. The molecule has 2 N–H and O–H groups in total. The van der Waals surface area contributed by atoms with Crippen LogP contribution in [0, 0.1) is 12.7 Å². The third-order valence-corrected chi connectivity index (χ3v) is 3.48. The summed E-state index contributed by atoms with van der Waals surface area (Å²) in [7, 11) is 3.89. The molecule has 0 spiro atoms. The largest absolute Gasteiger partial charge is 0.377 e. The Hall–Kier alpha value is -2.89. The van der Waals surface area contributed by atoms with Crippen LogP contribution in [0.5, 0.6) is 0 Å². The molecular weight excluding hydrogens is 309 g/mol. The van der Waals surface area contributed by atoms with Gasteiger partial charge in [0.25, 0.3) is 5.91 Å². The van der Waals surface area contributed by atoms with Crippen molar-refractivity contribution in [3.05, 3.63) is 53.3 Å². The fourth-order valence-electron chi connectivity index (χ4n) is 2.39. The Morgan fingerprint density at radius 2 is 1.75 bits per heavy atom. The first-order valence-electron chi connectivity index (χ1n) is 7.44. The monoisotopic (exact) mass is 329 g/mol. The molecule has 0 saturated carbocycles. The van der Waals surface area contributed by atoms with Gasteiger partial charge in [-0.2, -0.15) is 0 Å². The minimum atomic E-state index is -0.590. The van der Waals surface area contributed by atoms with Crippen LogP contribution in [0.2, 0.25) is 0 Å². The summed E-state index contributed by atoms with van der Waals surface area (Å²) in [6.07, 6.45) is 0. The molecule has 0 fully saturated rings. The van der Waals surface area contributed by atoms with Gasteiger partial charge in [0, 0.05) is 38.0 Å². The first-order chi connectivity index (χ1) is 11.3. The maximum Gasteiger partial charge on any atom is 0.255 e. The van der Waals surface area contributed by atoms with Gasteiger partial charge in [-0.25, -0.2) is 4.39 Å². The topological polar surface area (TPSA) is 61.4 Å². The number of hydrogen-bond acceptors (Lipinski definition) is 3. The summed E-state index contributed by atoms with van der Waals surface area (Å²) in [5.74, 6) is -1.37. The summed E-state index contributed by atoms with van der Waals surface area (Å²) >= 11 is 0. The smallest absolute Gasteiger partial charge is 0.255 e. The molecule has 0 saturated heterocycles. The standard InChI is InChI=1S/C18H20FN3O2/c1-11-9-14(6-8-17(11)22(3)4)21-18(24)13-5-7-15(19)16(10-13)20-12(2)23/h5-10H,1-4H3,(H,20,23)(H,21,24). The number of nitrogens with zero attached hydrogens (tertiary/aromatic N) is 1. The lowest BCUT2D eigenvalue weighted by Gasteiger charge is -2.16. The highest BCUT2D eigenvalue weighted by Gasteiger charge is 2.12. The van der Waals surface area contributed by atoms with Gasteiger partial charge in [-0.15, -0.1) is 0 Å². The van der Waals surface area contributed by atoms with Crippen molar-refractivity contribution in [3.63, 3.8) is 0 Å². The van der Waals surface area contributed by atoms with Crippen molar-refractivity contribution < 1.29 is 14.0 Å². The van der Waals surface area contributed by atoms with E-state index in [1.54, 1.807) is 6.07 Å². The number of hydrogen-bond donors (Lipinski definition) is 2. The second kappa shape index (κ2) is 7.12. The Kier molecular flexibility index (Phi) is 5.18. The van der Waals surface area contributed by atoms with E-state index in [9.17, 15) is 14.0 Å². The van der Waals surface area contributed by atoms with E-state index in [1.807, 2.05) is 38.1 Å². The summed E-state index contributed by atoms with van der Waals surface area (Å²) in [5, 5.41) is 5.13. The lowest BCUT2D eigenvalue weighted by atomic mass is 10.1. The molecule has 0 aromatic heterocycles. The van der Waals surface area contributed by atoms with E-state index in [4.69, 9.17) is 0 Å². The summed E-state index contributed by atoms with van der Waals surface area (Å²) in [5.41, 5.74) is 2.97. The van der Waals surface area contributed by atoms with E-state index in [0.29, 0.717) is 5.69 Å². The van der Waals surface area contributed by atoms with Crippen molar-refractivity contribution in [3.8, 4) is 0 Å². The third kappa shape index (κ3) is 4.10. The Morgan fingerprint density at radius 1 is 1.04 bits per heavy atom. The van der Waals surface area contributed by atoms with E-state index in [0.717, 1.165) is 17.3 Å². The van der Waals surface area contributed by atoms with Crippen LogP contribution < -0.4 is 15.5 Å². The molecule has 6 heteroatoms. The number of aryl methyl sites for hydroxylation is 1. The van der Waals surface area contributed by atoms with E-state index in [-0.39, 0.29) is 17.2 Å². The van der Waals surface area contributed by atoms with Crippen LogP contribution in [0.4, 0.5) is 21.5 Å². The third-order valence-electron chi connectivity index (χ3n) is 3.48. The lowest BCUT2D eigenvalue weighted by molar-refractivity contribution is -0.114. The lowest BCUT2D eigenvalue weighted by Crippen LogP contribution is -2.15. The van der Waals surface area contributed by atoms with Gasteiger partial charge < -0.3 is 15.5 Å². The highest BCUT2D eigenvalue weighted by Crippen LogP contribution is 2.23. The van der Waals surface area contributed by atoms with Crippen LogP contribution in [-0.2, 0) is 4.79 Å². The molecule has 2 amide bonds. The van der Waals surface area contributed by atoms with Crippen molar-refractivity contribution in [2.75, 3.05) is 29.6 Å². The molecule has 24 heavy (non-hydrogen) atoms. The molecule has 0 atom stereocenters. The summed E-state index contributed by atoms with van der Waals surface area (Å²) in [6.45, 7) is 3.24. The molecule has 5 nitrogen and oxygen atoms in total. The fourth-order valence-corrected chi connectivity index (χ4v) is 2.39. The molecule has 0 aliphatic rings. The molecule has 2 rings (SSSR count). The van der Waals surface area contributed by atoms with Crippen molar-refractivity contribution in [2.45, 2.75) is 13.8 Å². The molecule has 0 unspecified atom stereocenters. The van der Waals surface area contributed by atoms with Crippen LogP contribution in [0.3, 0.4) is 0 Å². The van der Waals surface area contributed by atoms with Crippen molar-refractivity contribution in [2.24, 2.45) is 0 Å². The molecular formula is C18H20FN3O2. The zero-order valence-electron chi connectivity index (χ0n) is 14.1. The van der Waals surface area contributed by atoms with Gasteiger partial charge in [0.1, 0.15) is 5.82 Å². The molecule has 126 valence electrons. The Balaban J connectivity index is 2.21. The number of amides is 2. The highest BCUT2D eigenvalue weighted by molar-refractivity contribution is 6.05. The number of nitrogens with one attached hydrogen (secondary N) is 2. The van der Waals surface area contributed by atoms with Gasteiger partial charge in [-0.3, -0.25) is 9.59 Å². The number of rotatable bonds is 4. The van der Waals surface area contributed by atoms with Crippen LogP contribution >= 0.6 is 0 Å².